The van der Waals surface area contributed by atoms with E-state index in [2.05, 4.69) is 20.9 Å². The molecule has 4 atom stereocenters. The van der Waals surface area contributed by atoms with Crippen molar-refractivity contribution in [3.05, 3.63) is 39.0 Å². The Bertz CT molecular complexity index is 1420. The first-order chi connectivity index (χ1) is 19.0. The third-order valence-corrected chi connectivity index (χ3v) is 9.93. The number of allylic oxidation sites excluding steroid dienone is 2. The topological polar surface area (TPSA) is 74.2 Å². The summed E-state index contributed by atoms with van der Waals surface area (Å²) in [5.74, 6) is -0.642. The van der Waals surface area contributed by atoms with Crippen LogP contribution in [0.5, 0.6) is 0 Å². The van der Waals surface area contributed by atoms with E-state index in [4.69, 9.17) is 34.8 Å². The number of benzene rings is 1. The van der Waals surface area contributed by atoms with Crippen molar-refractivity contribution >= 4 is 63.4 Å². The van der Waals surface area contributed by atoms with Gasteiger partial charge in [0.25, 0.3) is 0 Å². The fraction of sp³-hybridized carbons (Fsp3) is 0.556. The molecule has 2 aliphatic carbocycles. The fourth-order valence-corrected chi connectivity index (χ4v) is 7.17. The van der Waals surface area contributed by atoms with Gasteiger partial charge in [0, 0.05) is 37.6 Å². The molecule has 13 heteroatoms. The minimum Gasteiger partial charge on any atom is -0.370 e. The molecule has 40 heavy (non-hydrogen) atoms. The molecule has 2 saturated heterocycles. The second kappa shape index (κ2) is 10.3. The summed E-state index contributed by atoms with van der Waals surface area (Å²) < 4.78 is 42.0. The lowest BCUT2D eigenvalue weighted by molar-refractivity contribution is -0.176. The third-order valence-electron chi connectivity index (χ3n) is 8.78. The standard InChI is InChI=1S/C27H30Cl3F3N6O/c1-38-21-10-20(39-8-2-3-16(13-39)27(31,32)33)18(29)9-19(21)36-25(38)37-23-17(28)5-4-14(22(23)30)12-34-24(40)26-11-15(26)6-7-35-26/h5,9-10,14-16,35H,2-4,6-8,11-13H2,1H3,(H,34,40)(H,36,37). The predicted octanol–water partition coefficient (Wildman–Crippen LogP) is 5.88. The second-order valence-corrected chi connectivity index (χ2v) is 12.5. The number of alkyl halides is 3. The number of hydrogen-bond donors (Lipinski definition) is 3. The maximum absolute atomic E-state index is 13.4. The summed E-state index contributed by atoms with van der Waals surface area (Å²) in [6.07, 6.45) is 0.672. The summed E-state index contributed by atoms with van der Waals surface area (Å²) in [6, 6.07) is 3.45. The molecule has 4 unspecified atom stereocenters. The Morgan fingerprint density at radius 3 is 2.75 bits per heavy atom. The number of rotatable bonds is 6. The van der Waals surface area contributed by atoms with E-state index in [1.807, 2.05) is 6.08 Å². The van der Waals surface area contributed by atoms with Crippen LogP contribution in [0.2, 0.25) is 5.02 Å². The molecule has 0 spiro atoms. The van der Waals surface area contributed by atoms with Crippen molar-refractivity contribution in [2.24, 2.45) is 24.8 Å². The molecule has 2 aliphatic heterocycles. The van der Waals surface area contributed by atoms with Crippen molar-refractivity contribution < 1.29 is 18.0 Å². The lowest BCUT2D eigenvalue weighted by atomic mass is 9.97. The average Bonchev–Trinajstić information content (AvgIpc) is 3.34. The molecule has 6 rings (SSSR count). The number of nitrogens with zero attached hydrogens (tertiary/aromatic N) is 3. The minimum atomic E-state index is -4.24. The summed E-state index contributed by atoms with van der Waals surface area (Å²) in [5, 5.41) is 10.9. The maximum Gasteiger partial charge on any atom is 0.393 e. The molecule has 1 amide bonds. The van der Waals surface area contributed by atoms with E-state index in [1.165, 1.54) is 0 Å². The molecular weight excluding hydrogens is 588 g/mol. The van der Waals surface area contributed by atoms with Gasteiger partial charge in [0.1, 0.15) is 5.54 Å². The van der Waals surface area contributed by atoms with Gasteiger partial charge in [0.15, 0.2) is 0 Å². The highest BCUT2D eigenvalue weighted by atomic mass is 35.5. The van der Waals surface area contributed by atoms with E-state index < -0.39 is 17.6 Å². The van der Waals surface area contributed by atoms with Gasteiger partial charge in [-0.2, -0.15) is 13.2 Å². The zero-order chi connectivity index (χ0) is 28.4. The van der Waals surface area contributed by atoms with Crippen LogP contribution in [-0.4, -0.2) is 53.4 Å². The Labute approximate surface area is 245 Å². The number of nitrogens with one attached hydrogen (secondary N) is 3. The Morgan fingerprint density at radius 1 is 1.25 bits per heavy atom. The van der Waals surface area contributed by atoms with Crippen LogP contribution in [0.4, 0.5) is 24.8 Å². The van der Waals surface area contributed by atoms with Crippen molar-refractivity contribution in [1.29, 1.82) is 0 Å². The number of hydrogen-bond acceptors (Lipinski definition) is 5. The second-order valence-electron chi connectivity index (χ2n) is 11.2. The molecule has 4 aliphatic rings. The molecule has 2 aromatic rings. The van der Waals surface area contributed by atoms with Crippen LogP contribution in [-0.2, 0) is 11.8 Å². The Kier molecular flexibility index (Phi) is 7.21. The zero-order valence-corrected chi connectivity index (χ0v) is 24.1. The first-order valence-electron chi connectivity index (χ1n) is 13.5. The van der Waals surface area contributed by atoms with Gasteiger partial charge in [0.05, 0.1) is 38.4 Å². The summed E-state index contributed by atoms with van der Waals surface area (Å²) in [7, 11) is 1.80. The maximum atomic E-state index is 13.4. The smallest absolute Gasteiger partial charge is 0.370 e. The molecular formula is C27H30Cl3F3N6O. The van der Waals surface area contributed by atoms with E-state index in [1.54, 1.807) is 28.6 Å². The van der Waals surface area contributed by atoms with Crippen molar-refractivity contribution in [2.45, 2.75) is 43.8 Å². The van der Waals surface area contributed by atoms with E-state index in [0.29, 0.717) is 75.3 Å². The van der Waals surface area contributed by atoms with Crippen LogP contribution in [0.1, 0.15) is 32.1 Å². The molecule has 3 fully saturated rings. The highest BCUT2D eigenvalue weighted by molar-refractivity contribution is 6.36. The van der Waals surface area contributed by atoms with Crippen molar-refractivity contribution in [1.82, 2.24) is 20.2 Å². The van der Waals surface area contributed by atoms with Crippen LogP contribution in [0, 0.1) is 17.8 Å². The molecule has 216 valence electrons. The van der Waals surface area contributed by atoms with Crippen LogP contribution in [0.3, 0.4) is 0 Å². The van der Waals surface area contributed by atoms with Gasteiger partial charge in [-0.25, -0.2) is 4.98 Å². The van der Waals surface area contributed by atoms with Gasteiger partial charge in [-0.1, -0.05) is 40.9 Å². The number of aryl methyl sites for hydroxylation is 1. The van der Waals surface area contributed by atoms with Gasteiger partial charge in [-0.3, -0.25) is 4.79 Å². The number of fused-ring (bicyclic) bond motifs is 2. The molecule has 1 saturated carbocycles. The van der Waals surface area contributed by atoms with Crippen molar-refractivity contribution in [3.8, 4) is 0 Å². The fourth-order valence-electron chi connectivity index (χ4n) is 6.29. The van der Waals surface area contributed by atoms with E-state index in [9.17, 15) is 18.0 Å². The van der Waals surface area contributed by atoms with Crippen LogP contribution < -0.4 is 20.9 Å². The minimum absolute atomic E-state index is 0.0212. The molecule has 7 nitrogen and oxygen atoms in total. The normalized spacial score (nSPS) is 28.5. The van der Waals surface area contributed by atoms with Gasteiger partial charge in [0.2, 0.25) is 11.9 Å². The highest BCUT2D eigenvalue weighted by Crippen LogP contribution is 2.50. The largest absolute Gasteiger partial charge is 0.393 e. The number of halogens is 6. The SMILES string of the molecule is Cn1c(NC2=C(Cl)C(CNC(=O)C34CC3CCN4)CC=C2Cl)nc2cc(Cl)c(N3CCCC(C(F)(F)F)C3)cc21. The van der Waals surface area contributed by atoms with Gasteiger partial charge < -0.3 is 25.4 Å². The Balaban J connectivity index is 1.21. The van der Waals surface area contributed by atoms with Crippen molar-refractivity contribution in [2.75, 3.05) is 36.4 Å². The quantitative estimate of drug-likeness (QED) is 0.378. The highest BCUT2D eigenvalue weighted by Gasteiger charge is 2.62. The third kappa shape index (κ3) is 4.95. The Morgan fingerprint density at radius 2 is 2.05 bits per heavy atom. The van der Waals surface area contributed by atoms with Crippen LogP contribution in [0.15, 0.2) is 34.0 Å². The Hall–Kier alpha value is -2.14. The number of carbonyl (C=O) groups excluding carboxylic acids is 1. The molecule has 0 bridgehead atoms. The van der Waals surface area contributed by atoms with Gasteiger partial charge >= 0.3 is 6.18 Å². The number of amides is 1. The van der Waals surface area contributed by atoms with Crippen LogP contribution in [0.25, 0.3) is 11.0 Å². The van der Waals surface area contributed by atoms with Gasteiger partial charge in [-0.05, 0) is 56.7 Å². The van der Waals surface area contributed by atoms with E-state index in [-0.39, 0.29) is 24.8 Å². The summed E-state index contributed by atoms with van der Waals surface area (Å²) in [4.78, 5) is 19.2. The van der Waals surface area contributed by atoms with Crippen LogP contribution >= 0.6 is 34.8 Å². The number of piperidine rings is 2. The first-order valence-corrected chi connectivity index (χ1v) is 14.6. The molecule has 3 heterocycles. The lowest BCUT2D eigenvalue weighted by Gasteiger charge is -2.35. The van der Waals surface area contributed by atoms with Gasteiger partial charge in [-0.15, -0.1) is 0 Å². The lowest BCUT2D eigenvalue weighted by Crippen LogP contribution is -2.46. The number of carbonyl (C=O) groups is 1. The van der Waals surface area contributed by atoms with E-state index >= 15 is 0 Å². The number of aromatic nitrogens is 2. The zero-order valence-electron chi connectivity index (χ0n) is 21.8. The summed E-state index contributed by atoms with van der Waals surface area (Å²) >= 11 is 19.9. The molecule has 0 radical (unpaired) electrons. The number of imidazole rings is 1. The van der Waals surface area contributed by atoms with Crippen molar-refractivity contribution in [3.63, 3.8) is 0 Å². The first kappa shape index (κ1) is 28.0. The number of anilines is 2. The summed E-state index contributed by atoms with van der Waals surface area (Å²) in [6.45, 7) is 1.62. The summed E-state index contributed by atoms with van der Waals surface area (Å²) in [5.41, 5.74) is 1.94. The molecule has 1 aromatic heterocycles. The monoisotopic (exact) mass is 616 g/mol. The molecule has 3 N–H and O–H groups in total. The predicted molar refractivity (Wildman–Crippen MR) is 152 cm³/mol. The van der Waals surface area contributed by atoms with E-state index in [0.717, 1.165) is 19.4 Å². The average molecular weight is 618 g/mol. The molecule has 1 aromatic carbocycles.